The summed E-state index contributed by atoms with van der Waals surface area (Å²) >= 11 is 1.88. The number of aryl methyl sites for hydroxylation is 1. The minimum absolute atomic E-state index is 1.02. The van der Waals surface area contributed by atoms with Crippen LogP contribution in [0.15, 0.2) is 83.8 Å². The third-order valence-corrected chi connectivity index (χ3v) is 4.57. The molecule has 0 unspecified atom stereocenters. The van der Waals surface area contributed by atoms with Gasteiger partial charge in [-0.2, -0.15) is 0 Å². The van der Waals surface area contributed by atoms with Gasteiger partial charge in [-0.25, -0.2) is 0 Å². The van der Waals surface area contributed by atoms with Crippen LogP contribution in [0, 0.1) is 6.92 Å². The molecule has 1 heteroatoms. The lowest BCUT2D eigenvalue weighted by Crippen LogP contribution is -1.82. The van der Waals surface area contributed by atoms with Gasteiger partial charge in [-0.1, -0.05) is 72.3 Å². The van der Waals surface area contributed by atoms with Crippen molar-refractivity contribution in [3.8, 4) is 11.1 Å². The Morgan fingerprint density at radius 1 is 0.667 bits per heavy atom. The maximum absolute atomic E-state index is 2.21. The highest BCUT2D eigenvalue weighted by molar-refractivity contribution is 7.98. The van der Waals surface area contributed by atoms with Crippen LogP contribution in [-0.2, 0) is 5.75 Å². The third kappa shape index (κ3) is 3.77. The zero-order valence-electron chi connectivity index (χ0n) is 12.1. The molecule has 104 valence electrons. The van der Waals surface area contributed by atoms with Crippen LogP contribution in [0.1, 0.15) is 11.1 Å². The largest absolute Gasteiger partial charge is 0.121 e. The van der Waals surface area contributed by atoms with Crippen molar-refractivity contribution in [1.29, 1.82) is 0 Å². The summed E-state index contributed by atoms with van der Waals surface area (Å²) in [6.45, 7) is 2.12. The van der Waals surface area contributed by atoms with E-state index < -0.39 is 0 Å². The lowest BCUT2D eigenvalue weighted by molar-refractivity contribution is 1.35. The van der Waals surface area contributed by atoms with Crippen LogP contribution in [0.25, 0.3) is 11.1 Å². The Bertz CT molecular complexity index is 682. The summed E-state index contributed by atoms with van der Waals surface area (Å²) in [5.41, 5.74) is 5.23. The lowest BCUT2D eigenvalue weighted by atomic mass is 10.1. The quantitative estimate of drug-likeness (QED) is 0.535. The number of rotatable bonds is 4. The highest BCUT2D eigenvalue weighted by atomic mass is 32.2. The minimum atomic E-state index is 1.02. The summed E-state index contributed by atoms with van der Waals surface area (Å²) in [5.74, 6) is 1.02. The topological polar surface area (TPSA) is 0 Å². The summed E-state index contributed by atoms with van der Waals surface area (Å²) in [7, 11) is 0. The van der Waals surface area contributed by atoms with Crippen LogP contribution in [0.4, 0.5) is 0 Å². The van der Waals surface area contributed by atoms with E-state index in [1.807, 2.05) is 11.8 Å². The highest BCUT2D eigenvalue weighted by Crippen LogP contribution is 2.26. The molecule has 0 saturated heterocycles. The molecule has 0 nitrogen and oxygen atoms in total. The molecule has 0 heterocycles. The standard InChI is InChI=1S/C20H18S/c1-16-7-9-17(10-8-16)15-21-20-13-11-19(12-14-20)18-5-3-2-4-6-18/h2-14H,15H2,1H3. The third-order valence-electron chi connectivity index (χ3n) is 3.49. The van der Waals surface area contributed by atoms with E-state index in [1.54, 1.807) is 0 Å². The summed E-state index contributed by atoms with van der Waals surface area (Å²) in [5, 5.41) is 0. The first-order chi connectivity index (χ1) is 10.3. The van der Waals surface area contributed by atoms with Crippen molar-refractivity contribution in [2.24, 2.45) is 0 Å². The number of hydrogen-bond acceptors (Lipinski definition) is 1. The van der Waals surface area contributed by atoms with Gasteiger partial charge in [0.15, 0.2) is 0 Å². The first-order valence-corrected chi connectivity index (χ1v) is 8.14. The molecule has 0 amide bonds. The molecule has 0 aromatic heterocycles. The maximum atomic E-state index is 2.21. The molecule has 0 bridgehead atoms. The van der Waals surface area contributed by atoms with E-state index in [0.29, 0.717) is 0 Å². The molecule has 0 radical (unpaired) electrons. The zero-order chi connectivity index (χ0) is 14.5. The SMILES string of the molecule is Cc1ccc(CSc2ccc(-c3ccccc3)cc2)cc1. The van der Waals surface area contributed by atoms with Crippen LogP contribution in [0.3, 0.4) is 0 Å². The monoisotopic (exact) mass is 290 g/mol. The predicted molar refractivity (Wildman–Crippen MR) is 92.6 cm³/mol. The molecule has 0 fully saturated rings. The minimum Gasteiger partial charge on any atom is -0.121 e. The summed E-state index contributed by atoms with van der Waals surface area (Å²) in [4.78, 5) is 1.32. The maximum Gasteiger partial charge on any atom is 0.0231 e. The van der Waals surface area contributed by atoms with E-state index in [4.69, 9.17) is 0 Å². The van der Waals surface area contributed by atoms with Crippen LogP contribution in [0.5, 0.6) is 0 Å². The second kappa shape index (κ2) is 6.64. The molecular formula is C20H18S. The number of hydrogen-bond donors (Lipinski definition) is 0. The van der Waals surface area contributed by atoms with E-state index in [-0.39, 0.29) is 0 Å². The van der Waals surface area contributed by atoms with Crippen LogP contribution in [0.2, 0.25) is 0 Å². The van der Waals surface area contributed by atoms with Gasteiger partial charge in [0.1, 0.15) is 0 Å². The van der Waals surface area contributed by atoms with Gasteiger partial charge in [0.25, 0.3) is 0 Å². The van der Waals surface area contributed by atoms with Crippen molar-refractivity contribution in [3.05, 3.63) is 90.0 Å². The van der Waals surface area contributed by atoms with Crippen molar-refractivity contribution >= 4 is 11.8 Å². The second-order valence-corrected chi connectivity index (χ2v) is 6.21. The van der Waals surface area contributed by atoms with Crippen molar-refractivity contribution < 1.29 is 0 Å². The second-order valence-electron chi connectivity index (χ2n) is 5.16. The van der Waals surface area contributed by atoms with Gasteiger partial charge >= 0.3 is 0 Å². The van der Waals surface area contributed by atoms with Gasteiger partial charge in [-0.3, -0.25) is 0 Å². The molecule has 0 N–H and O–H groups in total. The van der Waals surface area contributed by atoms with Gasteiger partial charge in [0, 0.05) is 10.6 Å². The smallest absolute Gasteiger partial charge is 0.0231 e. The van der Waals surface area contributed by atoms with Crippen LogP contribution < -0.4 is 0 Å². The Morgan fingerprint density at radius 3 is 1.95 bits per heavy atom. The first kappa shape index (κ1) is 14.0. The fourth-order valence-corrected chi connectivity index (χ4v) is 3.08. The fourth-order valence-electron chi connectivity index (χ4n) is 2.23. The van der Waals surface area contributed by atoms with Gasteiger partial charge < -0.3 is 0 Å². The Hall–Kier alpha value is -1.99. The summed E-state index contributed by atoms with van der Waals surface area (Å²) in [6, 6.07) is 28.1. The Morgan fingerprint density at radius 2 is 1.29 bits per heavy atom. The van der Waals surface area contributed by atoms with Crippen molar-refractivity contribution in [2.45, 2.75) is 17.6 Å². The van der Waals surface area contributed by atoms with Crippen molar-refractivity contribution in [3.63, 3.8) is 0 Å². The van der Waals surface area contributed by atoms with Gasteiger partial charge in [0.2, 0.25) is 0 Å². The summed E-state index contributed by atoms with van der Waals surface area (Å²) in [6.07, 6.45) is 0. The normalized spacial score (nSPS) is 10.5. The van der Waals surface area contributed by atoms with Gasteiger partial charge in [-0.05, 0) is 35.7 Å². The molecular weight excluding hydrogens is 272 g/mol. The van der Waals surface area contributed by atoms with E-state index in [0.717, 1.165) is 5.75 Å². The Balaban J connectivity index is 1.66. The molecule has 0 saturated carbocycles. The fraction of sp³-hybridized carbons (Fsp3) is 0.100. The van der Waals surface area contributed by atoms with E-state index in [2.05, 4.69) is 85.8 Å². The molecule has 21 heavy (non-hydrogen) atoms. The molecule has 0 atom stereocenters. The molecule has 0 aliphatic rings. The molecule has 0 aliphatic heterocycles. The van der Waals surface area contributed by atoms with Crippen LogP contribution in [-0.4, -0.2) is 0 Å². The highest BCUT2D eigenvalue weighted by Gasteiger charge is 1.99. The average molecular weight is 290 g/mol. The Kier molecular flexibility index (Phi) is 4.42. The molecule has 0 aliphatic carbocycles. The van der Waals surface area contributed by atoms with E-state index in [9.17, 15) is 0 Å². The lowest BCUT2D eigenvalue weighted by Gasteiger charge is -2.05. The number of thioether (sulfide) groups is 1. The Labute approximate surface area is 130 Å². The molecule has 3 aromatic rings. The van der Waals surface area contributed by atoms with Crippen molar-refractivity contribution in [2.75, 3.05) is 0 Å². The molecule has 3 rings (SSSR count). The first-order valence-electron chi connectivity index (χ1n) is 7.15. The summed E-state index contributed by atoms with van der Waals surface area (Å²) < 4.78 is 0. The average Bonchev–Trinajstić information content (AvgIpc) is 2.56. The molecule has 3 aromatic carbocycles. The van der Waals surface area contributed by atoms with Gasteiger partial charge in [0.05, 0.1) is 0 Å². The molecule has 0 spiro atoms. The zero-order valence-corrected chi connectivity index (χ0v) is 12.9. The number of benzene rings is 3. The predicted octanol–water partition coefficient (Wildman–Crippen LogP) is 5.95. The van der Waals surface area contributed by atoms with Gasteiger partial charge in [-0.15, -0.1) is 11.8 Å². The van der Waals surface area contributed by atoms with Crippen molar-refractivity contribution in [1.82, 2.24) is 0 Å². The van der Waals surface area contributed by atoms with Crippen LogP contribution >= 0.6 is 11.8 Å². The van der Waals surface area contributed by atoms with E-state index >= 15 is 0 Å². The van der Waals surface area contributed by atoms with E-state index in [1.165, 1.54) is 27.1 Å².